The summed E-state index contributed by atoms with van der Waals surface area (Å²) < 4.78 is 0. The largest absolute Gasteiger partial charge is 0.319 e. The van der Waals surface area contributed by atoms with Gasteiger partial charge in [0.2, 0.25) is 0 Å². The highest BCUT2D eigenvalue weighted by atomic mass is 15.1. The maximum Gasteiger partial charge on any atom is 0.00385 e. The van der Waals surface area contributed by atoms with Crippen molar-refractivity contribution in [2.24, 2.45) is 5.92 Å². The zero-order valence-electron chi connectivity index (χ0n) is 9.22. The van der Waals surface area contributed by atoms with Gasteiger partial charge in [-0.15, -0.1) is 0 Å². The van der Waals surface area contributed by atoms with Crippen molar-refractivity contribution in [1.29, 1.82) is 0 Å². The highest BCUT2D eigenvalue weighted by Gasteiger charge is 2.10. The maximum atomic E-state index is 3.21. The van der Waals surface area contributed by atoms with Crippen molar-refractivity contribution >= 4 is 0 Å². The molecule has 0 aromatic rings. The van der Waals surface area contributed by atoms with Gasteiger partial charge < -0.3 is 10.2 Å². The van der Waals surface area contributed by atoms with Crippen molar-refractivity contribution in [2.75, 3.05) is 26.7 Å². The predicted molar refractivity (Wildman–Crippen MR) is 55.5 cm³/mol. The Morgan fingerprint density at radius 1 is 1.25 bits per heavy atom. The van der Waals surface area contributed by atoms with Crippen LogP contribution >= 0.6 is 0 Å². The van der Waals surface area contributed by atoms with Crippen LogP contribution in [0.25, 0.3) is 0 Å². The molecule has 0 aliphatic heterocycles. The van der Waals surface area contributed by atoms with Gasteiger partial charge in [-0.3, -0.25) is 0 Å². The fourth-order valence-electron chi connectivity index (χ4n) is 1.52. The molecule has 2 heteroatoms. The summed E-state index contributed by atoms with van der Waals surface area (Å²) in [5.74, 6) is 0.748. The van der Waals surface area contributed by atoms with Crippen LogP contribution in [0.3, 0.4) is 0 Å². The van der Waals surface area contributed by atoms with E-state index in [1.165, 1.54) is 6.54 Å². The van der Waals surface area contributed by atoms with Gasteiger partial charge in [0, 0.05) is 12.6 Å². The first-order chi connectivity index (χ1) is 5.61. The second-order valence-electron chi connectivity index (χ2n) is 3.84. The topological polar surface area (TPSA) is 15.3 Å². The molecule has 0 heterocycles. The number of rotatable bonds is 6. The number of hydrogen-bond donors (Lipinski definition) is 1. The van der Waals surface area contributed by atoms with E-state index in [1.807, 2.05) is 7.05 Å². The summed E-state index contributed by atoms with van der Waals surface area (Å²) in [5, 5.41) is 3.21. The first kappa shape index (κ1) is 11.9. The molecule has 12 heavy (non-hydrogen) atoms. The summed E-state index contributed by atoms with van der Waals surface area (Å²) in [4.78, 5) is 2.50. The Bertz CT molecular complexity index is 102. The maximum absolute atomic E-state index is 3.21. The molecule has 2 nitrogen and oxygen atoms in total. The van der Waals surface area contributed by atoms with E-state index in [0.29, 0.717) is 6.04 Å². The lowest BCUT2D eigenvalue weighted by molar-refractivity contribution is 0.201. The van der Waals surface area contributed by atoms with Gasteiger partial charge in [0.1, 0.15) is 0 Å². The monoisotopic (exact) mass is 172 g/mol. The molecule has 0 amide bonds. The number of nitrogens with one attached hydrogen (secondary N) is 1. The van der Waals surface area contributed by atoms with Gasteiger partial charge in [-0.25, -0.2) is 0 Å². The van der Waals surface area contributed by atoms with E-state index in [1.54, 1.807) is 0 Å². The van der Waals surface area contributed by atoms with E-state index < -0.39 is 0 Å². The molecule has 0 rings (SSSR count). The van der Waals surface area contributed by atoms with Crippen molar-refractivity contribution in [3.8, 4) is 0 Å². The van der Waals surface area contributed by atoms with Crippen LogP contribution in [0.1, 0.15) is 27.7 Å². The molecular weight excluding hydrogens is 148 g/mol. The van der Waals surface area contributed by atoms with Crippen LogP contribution in [0.5, 0.6) is 0 Å². The lowest BCUT2D eigenvalue weighted by atomic mass is 10.1. The molecule has 1 unspecified atom stereocenters. The molecule has 0 aliphatic rings. The molecule has 0 saturated carbocycles. The van der Waals surface area contributed by atoms with Gasteiger partial charge >= 0.3 is 0 Å². The second kappa shape index (κ2) is 6.44. The second-order valence-corrected chi connectivity index (χ2v) is 3.84. The molecule has 0 aliphatic carbocycles. The summed E-state index contributed by atoms with van der Waals surface area (Å²) in [5.41, 5.74) is 0. The van der Waals surface area contributed by atoms with Crippen molar-refractivity contribution in [3.05, 3.63) is 0 Å². The minimum atomic E-state index is 0.675. The number of hydrogen-bond acceptors (Lipinski definition) is 2. The Morgan fingerprint density at radius 3 is 2.17 bits per heavy atom. The summed E-state index contributed by atoms with van der Waals surface area (Å²) in [6.07, 6.45) is 0. The fourth-order valence-corrected chi connectivity index (χ4v) is 1.52. The van der Waals surface area contributed by atoms with Gasteiger partial charge in [-0.1, -0.05) is 13.8 Å². The Morgan fingerprint density at radius 2 is 1.83 bits per heavy atom. The van der Waals surface area contributed by atoms with Crippen molar-refractivity contribution < 1.29 is 0 Å². The minimum Gasteiger partial charge on any atom is -0.319 e. The third-order valence-corrected chi connectivity index (χ3v) is 2.24. The van der Waals surface area contributed by atoms with Crippen LogP contribution in [0, 0.1) is 5.92 Å². The molecular formula is C10H24N2. The zero-order valence-corrected chi connectivity index (χ0v) is 9.22. The standard InChI is InChI=1S/C10H24N2/c1-6-12(9(2)3)8-10(4)7-11-5/h9-11H,6-8H2,1-5H3. The van der Waals surface area contributed by atoms with Gasteiger partial charge in [-0.2, -0.15) is 0 Å². The van der Waals surface area contributed by atoms with Crippen molar-refractivity contribution in [2.45, 2.75) is 33.7 Å². The normalized spacial score (nSPS) is 14.2. The fraction of sp³-hybridized carbons (Fsp3) is 1.00. The lowest BCUT2D eigenvalue weighted by Crippen LogP contribution is -2.36. The van der Waals surface area contributed by atoms with Crippen LogP contribution < -0.4 is 5.32 Å². The third kappa shape index (κ3) is 4.73. The summed E-state index contributed by atoms with van der Waals surface area (Å²) in [6, 6.07) is 0.675. The molecule has 0 fully saturated rings. The Kier molecular flexibility index (Phi) is 6.39. The average Bonchev–Trinajstić information content (AvgIpc) is 2.00. The van der Waals surface area contributed by atoms with Gasteiger partial charge in [0.05, 0.1) is 0 Å². The molecule has 0 spiro atoms. The first-order valence-corrected chi connectivity index (χ1v) is 5.00. The number of nitrogens with zero attached hydrogens (tertiary/aromatic N) is 1. The summed E-state index contributed by atoms with van der Waals surface area (Å²) >= 11 is 0. The van der Waals surface area contributed by atoms with Crippen LogP contribution in [-0.4, -0.2) is 37.6 Å². The molecule has 74 valence electrons. The van der Waals surface area contributed by atoms with Crippen LogP contribution in [-0.2, 0) is 0 Å². The Labute approximate surface area is 77.3 Å². The quantitative estimate of drug-likeness (QED) is 0.654. The van der Waals surface area contributed by atoms with Gasteiger partial charge in [0.25, 0.3) is 0 Å². The van der Waals surface area contributed by atoms with Crippen LogP contribution in [0.2, 0.25) is 0 Å². The van der Waals surface area contributed by atoms with Gasteiger partial charge in [0.15, 0.2) is 0 Å². The molecule has 0 aromatic carbocycles. The van der Waals surface area contributed by atoms with E-state index in [-0.39, 0.29) is 0 Å². The van der Waals surface area contributed by atoms with Gasteiger partial charge in [-0.05, 0) is 39.9 Å². The van der Waals surface area contributed by atoms with Crippen LogP contribution in [0.4, 0.5) is 0 Å². The van der Waals surface area contributed by atoms with E-state index >= 15 is 0 Å². The van der Waals surface area contributed by atoms with Crippen molar-refractivity contribution in [1.82, 2.24) is 10.2 Å². The van der Waals surface area contributed by atoms with E-state index in [4.69, 9.17) is 0 Å². The first-order valence-electron chi connectivity index (χ1n) is 5.00. The molecule has 0 saturated heterocycles. The highest BCUT2D eigenvalue weighted by Crippen LogP contribution is 2.02. The molecule has 0 bridgehead atoms. The highest BCUT2D eigenvalue weighted by molar-refractivity contribution is 4.65. The Hall–Kier alpha value is -0.0800. The smallest absolute Gasteiger partial charge is 0.00385 e. The van der Waals surface area contributed by atoms with E-state index in [2.05, 4.69) is 37.9 Å². The van der Waals surface area contributed by atoms with E-state index in [0.717, 1.165) is 19.0 Å². The molecule has 0 aromatic heterocycles. The third-order valence-electron chi connectivity index (χ3n) is 2.24. The summed E-state index contributed by atoms with van der Waals surface area (Å²) in [6.45, 7) is 12.5. The Balaban J connectivity index is 3.69. The molecule has 0 radical (unpaired) electrons. The minimum absolute atomic E-state index is 0.675. The summed E-state index contributed by atoms with van der Waals surface area (Å²) in [7, 11) is 2.02. The molecule has 1 N–H and O–H groups in total. The lowest BCUT2D eigenvalue weighted by Gasteiger charge is -2.27. The average molecular weight is 172 g/mol. The molecule has 1 atom stereocenters. The van der Waals surface area contributed by atoms with Crippen LogP contribution in [0.15, 0.2) is 0 Å². The predicted octanol–water partition coefficient (Wildman–Crippen LogP) is 1.57. The zero-order chi connectivity index (χ0) is 9.56. The van der Waals surface area contributed by atoms with E-state index in [9.17, 15) is 0 Å². The SMILES string of the molecule is CCN(CC(C)CNC)C(C)C. The van der Waals surface area contributed by atoms with Crippen molar-refractivity contribution in [3.63, 3.8) is 0 Å².